The Hall–Kier alpha value is -2.35. The van der Waals surface area contributed by atoms with E-state index in [0.717, 1.165) is 46.0 Å². The lowest BCUT2D eigenvalue weighted by Gasteiger charge is -2.06. The van der Waals surface area contributed by atoms with E-state index >= 15 is 0 Å². The summed E-state index contributed by atoms with van der Waals surface area (Å²) in [5.74, 6) is -2.10. The maximum Gasteiger partial charge on any atom is 0.254 e. The molecule has 0 spiro atoms. The first kappa shape index (κ1) is 15.5. The number of amides is 1. The molecule has 2 aromatic heterocycles. The Morgan fingerprint density at radius 1 is 1.39 bits per heavy atom. The zero-order valence-corrected chi connectivity index (χ0v) is 13.4. The Morgan fingerprint density at radius 3 is 2.91 bits per heavy atom. The molecule has 1 N–H and O–H groups in total. The number of fused-ring (bicyclic) bond motifs is 1. The van der Waals surface area contributed by atoms with Crippen LogP contribution in [0.5, 0.6) is 0 Å². The number of carbonyl (C=O) groups excluding carboxylic acids is 1. The Bertz CT molecular complexity index is 887. The highest BCUT2D eigenvalue weighted by Gasteiger charge is 2.16. The highest BCUT2D eigenvalue weighted by molar-refractivity contribution is 7.16. The van der Waals surface area contributed by atoms with Crippen LogP contribution in [-0.4, -0.2) is 20.5 Å². The van der Waals surface area contributed by atoms with Gasteiger partial charge in [0, 0.05) is 0 Å². The molecule has 3 aromatic rings. The van der Waals surface area contributed by atoms with Gasteiger partial charge in [0.2, 0.25) is 4.96 Å². The molecule has 0 aliphatic carbocycles. The van der Waals surface area contributed by atoms with Crippen LogP contribution in [0.25, 0.3) is 4.96 Å². The van der Waals surface area contributed by atoms with E-state index in [9.17, 15) is 13.6 Å². The minimum absolute atomic E-state index is 0.134. The number of halogens is 2. The number of aryl methyl sites for hydroxylation is 2. The van der Waals surface area contributed by atoms with Gasteiger partial charge in [0.05, 0.1) is 23.5 Å². The summed E-state index contributed by atoms with van der Waals surface area (Å²) in [4.78, 5) is 17.2. The molecule has 0 atom stereocenters. The lowest BCUT2D eigenvalue weighted by atomic mass is 10.2. The quantitative estimate of drug-likeness (QED) is 0.797. The second-order valence-corrected chi connectivity index (χ2v) is 6.04. The van der Waals surface area contributed by atoms with Gasteiger partial charge in [0.15, 0.2) is 0 Å². The van der Waals surface area contributed by atoms with Gasteiger partial charge in [0.1, 0.15) is 16.6 Å². The van der Waals surface area contributed by atoms with E-state index in [-0.39, 0.29) is 12.1 Å². The first-order valence-electron chi connectivity index (χ1n) is 7.06. The number of nitrogens with zero attached hydrogens (tertiary/aromatic N) is 3. The van der Waals surface area contributed by atoms with Gasteiger partial charge in [-0.3, -0.25) is 4.79 Å². The van der Waals surface area contributed by atoms with Crippen molar-refractivity contribution in [3.63, 3.8) is 0 Å². The maximum atomic E-state index is 13.6. The molecule has 0 saturated heterocycles. The fourth-order valence-electron chi connectivity index (χ4n) is 2.21. The normalized spacial score (nSPS) is 11.1. The molecule has 0 fully saturated rings. The number of rotatable bonds is 4. The number of imidazole rings is 1. The van der Waals surface area contributed by atoms with Crippen LogP contribution >= 0.6 is 11.3 Å². The van der Waals surface area contributed by atoms with Crippen LogP contribution < -0.4 is 5.32 Å². The summed E-state index contributed by atoms with van der Waals surface area (Å²) in [7, 11) is 0. The third kappa shape index (κ3) is 2.94. The molecular weight excluding hydrogens is 322 g/mol. The van der Waals surface area contributed by atoms with Crippen molar-refractivity contribution >= 4 is 22.2 Å². The molecule has 8 heteroatoms. The van der Waals surface area contributed by atoms with Crippen molar-refractivity contribution in [3.05, 3.63) is 51.8 Å². The van der Waals surface area contributed by atoms with Crippen molar-refractivity contribution in [1.29, 1.82) is 0 Å². The van der Waals surface area contributed by atoms with Crippen molar-refractivity contribution in [3.8, 4) is 0 Å². The summed E-state index contributed by atoms with van der Waals surface area (Å²) < 4.78 is 28.5. The van der Waals surface area contributed by atoms with Crippen molar-refractivity contribution in [1.82, 2.24) is 19.9 Å². The number of nitrogens with one attached hydrogen (secondary N) is 1. The summed E-state index contributed by atoms with van der Waals surface area (Å²) in [5.41, 5.74) is 1.14. The van der Waals surface area contributed by atoms with Gasteiger partial charge in [-0.25, -0.2) is 18.3 Å². The molecule has 120 valence electrons. The largest absolute Gasteiger partial charge is 0.346 e. The highest BCUT2D eigenvalue weighted by Crippen LogP contribution is 2.19. The van der Waals surface area contributed by atoms with Crippen molar-refractivity contribution in [2.45, 2.75) is 26.8 Å². The summed E-state index contributed by atoms with van der Waals surface area (Å²) in [6.07, 6.45) is 0.799. The number of hydrogen-bond donors (Lipinski definition) is 1. The average Bonchev–Trinajstić information content (AvgIpc) is 3.04. The number of hydrogen-bond acceptors (Lipinski definition) is 4. The molecule has 5 nitrogen and oxygen atoms in total. The third-order valence-electron chi connectivity index (χ3n) is 3.43. The Morgan fingerprint density at radius 2 is 2.17 bits per heavy atom. The van der Waals surface area contributed by atoms with Crippen LogP contribution in [0.3, 0.4) is 0 Å². The van der Waals surface area contributed by atoms with Gasteiger partial charge in [-0.2, -0.15) is 5.10 Å². The van der Waals surface area contributed by atoms with Crippen molar-refractivity contribution < 1.29 is 13.6 Å². The van der Waals surface area contributed by atoms with Gasteiger partial charge in [-0.05, 0) is 31.5 Å². The van der Waals surface area contributed by atoms with Gasteiger partial charge >= 0.3 is 0 Å². The predicted octanol–water partition coefficient (Wildman–Crippen LogP) is 2.87. The first-order chi connectivity index (χ1) is 11.0. The molecule has 0 unspecified atom stereocenters. The second kappa shape index (κ2) is 6.04. The zero-order valence-electron chi connectivity index (χ0n) is 12.6. The topological polar surface area (TPSA) is 59.3 Å². The summed E-state index contributed by atoms with van der Waals surface area (Å²) in [6, 6.07) is 2.78. The van der Waals surface area contributed by atoms with Crippen LogP contribution in [0.4, 0.5) is 8.78 Å². The van der Waals surface area contributed by atoms with Gasteiger partial charge in [0.25, 0.3) is 5.91 Å². The number of aromatic nitrogens is 3. The van der Waals surface area contributed by atoms with E-state index in [1.165, 1.54) is 11.3 Å². The minimum Gasteiger partial charge on any atom is -0.346 e. The predicted molar refractivity (Wildman–Crippen MR) is 82.5 cm³/mol. The van der Waals surface area contributed by atoms with Crippen LogP contribution in [0.2, 0.25) is 0 Å². The van der Waals surface area contributed by atoms with E-state index < -0.39 is 17.5 Å². The Balaban J connectivity index is 1.82. The Labute approximate surface area is 135 Å². The monoisotopic (exact) mass is 336 g/mol. The van der Waals surface area contributed by atoms with E-state index in [1.807, 2.05) is 13.8 Å². The molecule has 2 heterocycles. The van der Waals surface area contributed by atoms with Crippen molar-refractivity contribution in [2.24, 2.45) is 0 Å². The fourth-order valence-corrected chi connectivity index (χ4v) is 3.10. The maximum absolute atomic E-state index is 13.6. The molecule has 0 aliphatic rings. The minimum atomic E-state index is -0.763. The zero-order chi connectivity index (χ0) is 16.6. The number of benzene rings is 1. The molecule has 0 aliphatic heterocycles. The van der Waals surface area contributed by atoms with Crippen LogP contribution in [-0.2, 0) is 13.0 Å². The Kier molecular flexibility index (Phi) is 4.08. The van der Waals surface area contributed by atoms with Gasteiger partial charge in [-0.15, -0.1) is 0 Å². The summed E-state index contributed by atoms with van der Waals surface area (Å²) in [6.45, 7) is 3.95. The average molecular weight is 336 g/mol. The lowest BCUT2D eigenvalue weighted by Crippen LogP contribution is -2.25. The van der Waals surface area contributed by atoms with Crippen LogP contribution in [0.15, 0.2) is 18.2 Å². The number of carbonyl (C=O) groups is 1. The SMILES string of the molecule is CCc1nn2c(CNC(=O)c3cc(F)ccc3F)c(C)nc2s1. The third-order valence-corrected chi connectivity index (χ3v) is 4.48. The van der Waals surface area contributed by atoms with E-state index in [2.05, 4.69) is 15.4 Å². The highest BCUT2D eigenvalue weighted by atomic mass is 32.1. The summed E-state index contributed by atoms with van der Waals surface area (Å²) in [5, 5.41) is 7.95. The fraction of sp³-hybridized carbons (Fsp3) is 0.267. The molecule has 1 aromatic carbocycles. The van der Waals surface area contributed by atoms with Crippen molar-refractivity contribution in [2.75, 3.05) is 0 Å². The van der Waals surface area contributed by atoms with Crippen LogP contribution in [0.1, 0.15) is 33.7 Å². The van der Waals surface area contributed by atoms with E-state index in [1.54, 1.807) is 4.52 Å². The van der Waals surface area contributed by atoms with Gasteiger partial charge < -0.3 is 5.32 Å². The summed E-state index contributed by atoms with van der Waals surface area (Å²) >= 11 is 1.49. The molecule has 3 rings (SSSR count). The molecular formula is C15H14F2N4OS. The van der Waals surface area contributed by atoms with E-state index in [4.69, 9.17) is 0 Å². The molecule has 23 heavy (non-hydrogen) atoms. The smallest absolute Gasteiger partial charge is 0.254 e. The molecule has 0 saturated carbocycles. The second-order valence-electron chi connectivity index (χ2n) is 4.99. The van der Waals surface area contributed by atoms with Gasteiger partial charge in [-0.1, -0.05) is 18.3 Å². The molecule has 0 bridgehead atoms. The standard InChI is InChI=1S/C15H14F2N4OS/c1-3-13-20-21-12(8(2)19-15(21)23-13)7-18-14(22)10-6-9(16)4-5-11(10)17/h4-6H,3,7H2,1-2H3,(H,18,22). The van der Waals surface area contributed by atoms with E-state index in [0.29, 0.717) is 0 Å². The van der Waals surface area contributed by atoms with Crippen LogP contribution in [0, 0.1) is 18.6 Å². The first-order valence-corrected chi connectivity index (χ1v) is 7.88. The lowest BCUT2D eigenvalue weighted by molar-refractivity contribution is 0.0945. The molecule has 0 radical (unpaired) electrons. The molecule has 1 amide bonds.